The summed E-state index contributed by atoms with van der Waals surface area (Å²) in [4.78, 5) is 11.3. The zero-order valence-corrected chi connectivity index (χ0v) is 19.0. The summed E-state index contributed by atoms with van der Waals surface area (Å²) >= 11 is 0. The molecule has 0 aliphatic rings. The number of nitrogens with zero attached hydrogens (tertiary/aromatic N) is 5. The Morgan fingerprint density at radius 3 is 2.42 bits per heavy atom. The van der Waals surface area contributed by atoms with Gasteiger partial charge in [0.2, 0.25) is 5.62 Å². The predicted octanol–water partition coefficient (Wildman–Crippen LogP) is 2.79. The average Bonchev–Trinajstić information content (AvgIpc) is 3.12. The van der Waals surface area contributed by atoms with E-state index in [1.807, 2.05) is 11.9 Å². The van der Waals surface area contributed by atoms with Crippen molar-refractivity contribution in [1.29, 1.82) is 0 Å². The maximum absolute atomic E-state index is 9.84. The summed E-state index contributed by atoms with van der Waals surface area (Å²) in [5.41, 5.74) is 4.02. The number of nitrogens with one attached hydrogen (secondary N) is 1. The van der Waals surface area contributed by atoms with Gasteiger partial charge < -0.3 is 24.8 Å². The van der Waals surface area contributed by atoms with Gasteiger partial charge in [-0.1, -0.05) is 19.9 Å². The minimum Gasteiger partial charge on any atom is -0.504 e. The summed E-state index contributed by atoms with van der Waals surface area (Å²) in [5.74, 6) is 0.545. The highest BCUT2D eigenvalue weighted by Gasteiger charge is 2.22. The quantitative estimate of drug-likeness (QED) is 0.429. The molecular formula is C22H32N6O3. The molecule has 0 saturated carbocycles. The molecule has 0 spiro atoms. The Morgan fingerprint density at radius 2 is 1.84 bits per heavy atom. The van der Waals surface area contributed by atoms with Crippen molar-refractivity contribution >= 4 is 16.9 Å². The predicted molar refractivity (Wildman–Crippen MR) is 120 cm³/mol. The second-order valence-electron chi connectivity index (χ2n) is 8.56. The minimum atomic E-state index is -0.576. The topological polar surface area (TPSA) is 123 Å². The number of benzene rings is 1. The van der Waals surface area contributed by atoms with E-state index in [4.69, 9.17) is 4.98 Å². The fourth-order valence-corrected chi connectivity index (χ4v) is 3.55. The van der Waals surface area contributed by atoms with Crippen molar-refractivity contribution in [1.82, 2.24) is 19.7 Å². The molecule has 0 fully saturated rings. The minimum absolute atomic E-state index is 0.0891. The van der Waals surface area contributed by atoms with Crippen LogP contribution in [0.1, 0.15) is 57.8 Å². The summed E-state index contributed by atoms with van der Waals surface area (Å²) in [6.45, 7) is 10.7. The molecule has 1 aromatic carbocycles. The highest BCUT2D eigenvalue weighted by atomic mass is 16.3. The number of phenols is 2. The molecule has 1 unspecified atom stereocenters. The van der Waals surface area contributed by atoms with E-state index in [0.717, 1.165) is 22.3 Å². The molecule has 0 radical (unpaired) electrons. The van der Waals surface area contributed by atoms with E-state index in [0.29, 0.717) is 18.0 Å². The Morgan fingerprint density at radius 1 is 1.13 bits per heavy atom. The molecular weight excluding hydrogens is 396 g/mol. The molecule has 1 atom stereocenters. The first kappa shape index (κ1) is 22.6. The van der Waals surface area contributed by atoms with Gasteiger partial charge in [-0.3, -0.25) is 5.10 Å². The van der Waals surface area contributed by atoms with Crippen LogP contribution in [0.5, 0.6) is 11.5 Å². The van der Waals surface area contributed by atoms with Crippen LogP contribution in [0.3, 0.4) is 0 Å². The van der Waals surface area contributed by atoms with E-state index in [2.05, 4.69) is 47.5 Å². The van der Waals surface area contributed by atoms with Crippen molar-refractivity contribution in [3.8, 4) is 11.5 Å². The third kappa shape index (κ3) is 4.66. The number of aromatic hydroxyl groups is 2. The van der Waals surface area contributed by atoms with Crippen LogP contribution in [0.2, 0.25) is 0 Å². The number of H-pyrrole nitrogens is 1. The normalized spacial score (nSPS) is 13.5. The Balaban J connectivity index is 2.21. The number of fused-ring (bicyclic) bond motifs is 1. The molecule has 0 aliphatic heterocycles. The zero-order chi connectivity index (χ0) is 22.9. The van der Waals surface area contributed by atoms with Crippen LogP contribution in [0.15, 0.2) is 23.2 Å². The second-order valence-corrected chi connectivity index (χ2v) is 8.56. The second kappa shape index (κ2) is 8.97. The van der Waals surface area contributed by atoms with Crippen LogP contribution >= 0.6 is 0 Å². The first-order valence-corrected chi connectivity index (χ1v) is 10.5. The van der Waals surface area contributed by atoms with E-state index >= 15 is 0 Å². The number of hydrogen-bond donors (Lipinski definition) is 4. The number of rotatable bonds is 7. The van der Waals surface area contributed by atoms with Crippen molar-refractivity contribution in [2.75, 3.05) is 18.5 Å². The van der Waals surface area contributed by atoms with Crippen molar-refractivity contribution in [3.63, 3.8) is 0 Å². The molecule has 3 aromatic rings. The number of aliphatic hydroxyl groups is 1. The molecule has 2 heterocycles. The van der Waals surface area contributed by atoms with Crippen molar-refractivity contribution in [3.05, 3.63) is 35.1 Å². The van der Waals surface area contributed by atoms with Gasteiger partial charge >= 0.3 is 0 Å². The lowest BCUT2D eigenvalue weighted by Crippen LogP contribution is -2.31. The van der Waals surface area contributed by atoms with Crippen molar-refractivity contribution in [2.24, 2.45) is 4.99 Å². The van der Waals surface area contributed by atoms with Gasteiger partial charge in [0.15, 0.2) is 22.8 Å². The summed E-state index contributed by atoms with van der Waals surface area (Å²) in [5, 5.41) is 37.0. The molecule has 31 heavy (non-hydrogen) atoms. The van der Waals surface area contributed by atoms with Crippen LogP contribution in [-0.2, 0) is 6.54 Å². The molecule has 0 aliphatic carbocycles. The summed E-state index contributed by atoms with van der Waals surface area (Å²) in [6.07, 6.45) is -0.576. The number of hydrogen-bond acceptors (Lipinski definition) is 7. The van der Waals surface area contributed by atoms with Crippen molar-refractivity contribution < 1.29 is 15.3 Å². The van der Waals surface area contributed by atoms with Crippen LogP contribution in [0.4, 0.5) is 5.82 Å². The molecule has 2 aromatic heterocycles. The lowest BCUT2D eigenvalue weighted by molar-refractivity contribution is 0.202. The summed E-state index contributed by atoms with van der Waals surface area (Å²) < 4.78 is 2.06. The maximum atomic E-state index is 9.84. The number of aromatic nitrogens is 4. The maximum Gasteiger partial charge on any atom is 0.227 e. The Bertz CT molecular complexity index is 1130. The smallest absolute Gasteiger partial charge is 0.227 e. The van der Waals surface area contributed by atoms with Gasteiger partial charge in [-0.2, -0.15) is 10.1 Å². The Labute approximate surface area is 181 Å². The highest BCUT2D eigenvalue weighted by Crippen LogP contribution is 2.30. The molecule has 168 valence electrons. The molecule has 9 nitrogen and oxygen atoms in total. The Hall–Kier alpha value is -3.07. The third-order valence-corrected chi connectivity index (χ3v) is 5.05. The monoisotopic (exact) mass is 428 g/mol. The van der Waals surface area contributed by atoms with Gasteiger partial charge in [0.25, 0.3) is 0 Å². The molecule has 0 bridgehead atoms. The van der Waals surface area contributed by atoms with Crippen LogP contribution in [0, 0.1) is 0 Å². The van der Waals surface area contributed by atoms with E-state index in [-0.39, 0.29) is 30.0 Å². The number of phenolic OH excluding ortho intramolecular Hbond substituents is 2. The van der Waals surface area contributed by atoms with Crippen LogP contribution < -0.4 is 10.5 Å². The largest absolute Gasteiger partial charge is 0.504 e. The molecule has 3 rings (SSSR count). The first-order chi connectivity index (χ1) is 14.6. The highest BCUT2D eigenvalue weighted by molar-refractivity contribution is 5.88. The molecule has 0 amide bonds. The van der Waals surface area contributed by atoms with E-state index in [1.54, 1.807) is 13.0 Å². The van der Waals surface area contributed by atoms with Crippen molar-refractivity contribution in [2.45, 2.75) is 59.2 Å². The van der Waals surface area contributed by atoms with Gasteiger partial charge in [-0.25, -0.2) is 4.99 Å². The average molecular weight is 429 g/mol. The number of aliphatic hydroxyl groups excluding tert-OH is 1. The fraction of sp³-hybridized carbons (Fsp3) is 0.500. The Kier molecular flexibility index (Phi) is 6.54. The lowest BCUT2D eigenvalue weighted by atomic mass is 10.1. The third-order valence-electron chi connectivity index (χ3n) is 5.05. The SMILES string of the molecule is CC(O)CN=c1nc(N(C)Cc2ccc(O)c(O)c2)c2n[nH]c(C(C)C)c2n1C(C)C. The zero-order valence-electron chi connectivity index (χ0n) is 19.0. The van der Waals surface area contributed by atoms with Gasteiger partial charge in [0.05, 0.1) is 23.9 Å². The summed E-state index contributed by atoms with van der Waals surface area (Å²) in [6, 6.07) is 4.84. The standard InChI is InChI=1S/C22H32N6O3/c1-12(2)18-20-19(26-25-18)21(24-22(23-10-14(5)29)28(20)13(3)4)27(6)11-15-7-8-16(30)17(31)9-15/h7-9,12-14,29-31H,10-11H2,1-6H3,(H,25,26). The van der Waals surface area contributed by atoms with Crippen LogP contribution in [-0.4, -0.2) is 54.8 Å². The first-order valence-electron chi connectivity index (χ1n) is 10.5. The fourth-order valence-electron chi connectivity index (χ4n) is 3.55. The summed E-state index contributed by atoms with van der Waals surface area (Å²) in [7, 11) is 1.90. The molecule has 0 saturated heterocycles. The lowest BCUT2D eigenvalue weighted by Gasteiger charge is -2.22. The van der Waals surface area contributed by atoms with Gasteiger partial charge in [0.1, 0.15) is 0 Å². The number of aromatic amines is 1. The van der Waals surface area contributed by atoms with Gasteiger partial charge in [-0.15, -0.1) is 0 Å². The molecule has 4 N–H and O–H groups in total. The number of anilines is 1. The molecule has 9 heteroatoms. The van der Waals surface area contributed by atoms with Gasteiger partial charge in [0, 0.05) is 19.6 Å². The van der Waals surface area contributed by atoms with Gasteiger partial charge in [-0.05, 0) is 44.4 Å². The van der Waals surface area contributed by atoms with E-state index < -0.39 is 6.10 Å². The van der Waals surface area contributed by atoms with E-state index in [9.17, 15) is 15.3 Å². The van der Waals surface area contributed by atoms with E-state index in [1.165, 1.54) is 12.1 Å². The van der Waals surface area contributed by atoms with Crippen LogP contribution in [0.25, 0.3) is 11.0 Å².